The first-order chi connectivity index (χ1) is 12.2. The molecule has 3 rings (SSSR count). The maximum atomic E-state index is 6.04. The van der Waals surface area contributed by atoms with Gasteiger partial charge in [-0.15, -0.1) is 0 Å². The fourth-order valence-electron chi connectivity index (χ4n) is 2.86. The molecule has 0 saturated carbocycles. The van der Waals surface area contributed by atoms with Crippen molar-refractivity contribution in [1.82, 2.24) is 10.2 Å². The van der Waals surface area contributed by atoms with Gasteiger partial charge in [0.25, 0.3) is 0 Å². The third kappa shape index (κ3) is 3.83. The Morgan fingerprint density at radius 3 is 2.56 bits per heavy atom. The van der Waals surface area contributed by atoms with Gasteiger partial charge in [0, 0.05) is 23.7 Å². The van der Waals surface area contributed by atoms with Gasteiger partial charge in [-0.05, 0) is 55.0 Å². The number of rotatable bonds is 7. The van der Waals surface area contributed by atoms with Gasteiger partial charge in [0.1, 0.15) is 11.5 Å². The van der Waals surface area contributed by atoms with Crippen LogP contribution in [0.2, 0.25) is 0 Å². The zero-order chi connectivity index (χ0) is 17.6. The maximum absolute atomic E-state index is 6.04. The quantitative estimate of drug-likeness (QED) is 0.691. The molecule has 0 aliphatic carbocycles. The van der Waals surface area contributed by atoms with Crippen molar-refractivity contribution in [3.63, 3.8) is 0 Å². The van der Waals surface area contributed by atoms with E-state index in [9.17, 15) is 0 Å². The lowest BCUT2D eigenvalue weighted by molar-refractivity contribution is 0.340. The second-order valence-electron chi connectivity index (χ2n) is 5.73. The van der Waals surface area contributed by atoms with E-state index in [-0.39, 0.29) is 5.92 Å². The average Bonchev–Trinajstić information content (AvgIpc) is 3.13. The smallest absolute Gasteiger partial charge is 0.119 e. The van der Waals surface area contributed by atoms with Crippen molar-refractivity contribution in [3.8, 4) is 22.8 Å². The Labute approximate surface area is 147 Å². The Balaban J connectivity index is 1.87. The van der Waals surface area contributed by atoms with Crippen LogP contribution in [0.25, 0.3) is 11.3 Å². The normalized spacial score (nSPS) is 12.0. The highest BCUT2D eigenvalue weighted by atomic mass is 16.5. The van der Waals surface area contributed by atoms with Crippen molar-refractivity contribution in [3.05, 3.63) is 65.9 Å². The lowest BCUT2D eigenvalue weighted by atomic mass is 9.95. The fraction of sp³-hybridized carbons (Fsp3) is 0.250. The minimum atomic E-state index is 0.0416. The number of methoxy groups -OCH3 is 1. The number of nitrogens with two attached hydrogens (primary N) is 1. The molecule has 1 unspecified atom stereocenters. The number of aromatic amines is 1. The molecule has 5 heteroatoms. The number of benzene rings is 2. The predicted octanol–water partition coefficient (Wildman–Crippen LogP) is 3.57. The van der Waals surface area contributed by atoms with Gasteiger partial charge in [0.15, 0.2) is 0 Å². The highest BCUT2D eigenvalue weighted by molar-refractivity contribution is 5.60. The molecular weight excluding hydrogens is 314 g/mol. The minimum absolute atomic E-state index is 0.0416. The van der Waals surface area contributed by atoms with Crippen LogP contribution < -0.4 is 15.2 Å². The predicted molar refractivity (Wildman–Crippen MR) is 99.1 cm³/mol. The molecule has 0 fully saturated rings. The van der Waals surface area contributed by atoms with Crippen LogP contribution >= 0.6 is 0 Å². The molecular formula is C20H23N3O2. The van der Waals surface area contributed by atoms with Gasteiger partial charge in [0.2, 0.25) is 0 Å². The second-order valence-corrected chi connectivity index (χ2v) is 5.73. The Morgan fingerprint density at radius 2 is 1.88 bits per heavy atom. The molecule has 0 amide bonds. The molecule has 0 radical (unpaired) electrons. The Kier molecular flexibility index (Phi) is 5.36. The summed E-state index contributed by atoms with van der Waals surface area (Å²) in [6, 6.07) is 17.9. The van der Waals surface area contributed by atoms with Crippen molar-refractivity contribution in [2.75, 3.05) is 20.3 Å². The third-order valence-corrected chi connectivity index (χ3v) is 4.17. The zero-order valence-electron chi connectivity index (χ0n) is 14.5. The first-order valence-electron chi connectivity index (χ1n) is 8.37. The number of nitrogens with one attached hydrogen (secondary N) is 1. The topological polar surface area (TPSA) is 73.2 Å². The van der Waals surface area contributed by atoms with E-state index in [4.69, 9.17) is 15.2 Å². The van der Waals surface area contributed by atoms with Crippen molar-refractivity contribution >= 4 is 0 Å². The Morgan fingerprint density at radius 1 is 1.08 bits per heavy atom. The van der Waals surface area contributed by atoms with E-state index in [2.05, 4.69) is 16.3 Å². The van der Waals surface area contributed by atoms with Crippen LogP contribution in [0.15, 0.2) is 54.6 Å². The second kappa shape index (κ2) is 7.85. The number of nitrogens with zero attached hydrogens (tertiary/aromatic N) is 1. The molecule has 0 bridgehead atoms. The molecule has 25 heavy (non-hydrogen) atoms. The molecule has 0 spiro atoms. The van der Waals surface area contributed by atoms with Crippen LogP contribution in [0, 0.1) is 0 Å². The van der Waals surface area contributed by atoms with Crippen molar-refractivity contribution < 1.29 is 9.47 Å². The molecule has 1 atom stereocenters. The monoisotopic (exact) mass is 337 g/mol. The maximum Gasteiger partial charge on any atom is 0.119 e. The van der Waals surface area contributed by atoms with Gasteiger partial charge in [0.05, 0.1) is 19.4 Å². The molecule has 3 N–H and O–H groups in total. The summed E-state index contributed by atoms with van der Waals surface area (Å²) in [5.41, 5.74) is 10.1. The summed E-state index contributed by atoms with van der Waals surface area (Å²) < 4.78 is 10.8. The molecule has 2 aromatic carbocycles. The number of ether oxygens (including phenoxy) is 2. The first kappa shape index (κ1) is 17.0. The largest absolute Gasteiger partial charge is 0.497 e. The van der Waals surface area contributed by atoms with Gasteiger partial charge in [-0.1, -0.05) is 12.1 Å². The molecule has 0 saturated heterocycles. The Hall–Kier alpha value is -2.79. The number of hydrogen-bond acceptors (Lipinski definition) is 4. The van der Waals surface area contributed by atoms with Crippen molar-refractivity contribution in [1.29, 1.82) is 0 Å². The summed E-state index contributed by atoms with van der Waals surface area (Å²) in [5.74, 6) is 1.72. The van der Waals surface area contributed by atoms with Crippen LogP contribution in [0.5, 0.6) is 11.5 Å². The molecule has 0 aliphatic rings. The minimum Gasteiger partial charge on any atom is -0.497 e. The first-order valence-corrected chi connectivity index (χ1v) is 8.37. The van der Waals surface area contributed by atoms with Crippen LogP contribution in [-0.4, -0.2) is 30.5 Å². The molecule has 5 nitrogen and oxygen atoms in total. The van der Waals surface area contributed by atoms with E-state index in [1.165, 1.54) is 0 Å². The summed E-state index contributed by atoms with van der Waals surface area (Å²) in [6.45, 7) is 3.10. The summed E-state index contributed by atoms with van der Waals surface area (Å²) in [6.07, 6.45) is 0. The van der Waals surface area contributed by atoms with Gasteiger partial charge < -0.3 is 15.2 Å². The van der Waals surface area contributed by atoms with Gasteiger partial charge in [-0.25, -0.2) is 0 Å². The van der Waals surface area contributed by atoms with Gasteiger partial charge in [-0.3, -0.25) is 5.10 Å². The van der Waals surface area contributed by atoms with E-state index in [0.29, 0.717) is 13.2 Å². The van der Waals surface area contributed by atoms with Crippen LogP contribution in [0.4, 0.5) is 0 Å². The Bertz CT molecular complexity index is 812. The van der Waals surface area contributed by atoms with Gasteiger partial charge >= 0.3 is 0 Å². The number of hydrogen-bond donors (Lipinski definition) is 2. The average molecular weight is 337 g/mol. The van der Waals surface area contributed by atoms with E-state index in [0.717, 1.165) is 34.0 Å². The molecule has 130 valence electrons. The summed E-state index contributed by atoms with van der Waals surface area (Å²) in [5, 5.41) is 7.57. The summed E-state index contributed by atoms with van der Waals surface area (Å²) in [7, 11) is 1.66. The number of H-pyrrole nitrogens is 1. The summed E-state index contributed by atoms with van der Waals surface area (Å²) >= 11 is 0. The van der Waals surface area contributed by atoms with E-state index in [1.54, 1.807) is 7.11 Å². The van der Waals surface area contributed by atoms with Crippen LogP contribution in [-0.2, 0) is 0 Å². The third-order valence-electron chi connectivity index (χ3n) is 4.17. The summed E-state index contributed by atoms with van der Waals surface area (Å²) in [4.78, 5) is 0. The highest BCUT2D eigenvalue weighted by Crippen LogP contribution is 2.28. The molecule has 1 heterocycles. The zero-order valence-corrected chi connectivity index (χ0v) is 14.5. The van der Waals surface area contributed by atoms with E-state index in [1.807, 2.05) is 55.5 Å². The highest BCUT2D eigenvalue weighted by Gasteiger charge is 2.16. The van der Waals surface area contributed by atoms with E-state index < -0.39 is 0 Å². The molecule has 0 aliphatic heterocycles. The van der Waals surface area contributed by atoms with Crippen molar-refractivity contribution in [2.45, 2.75) is 12.8 Å². The van der Waals surface area contributed by atoms with Gasteiger partial charge in [-0.2, -0.15) is 5.10 Å². The molecule has 1 aromatic heterocycles. The van der Waals surface area contributed by atoms with Crippen LogP contribution in [0.3, 0.4) is 0 Å². The standard InChI is InChI=1S/C20H23N3O2/c1-3-25-17-6-4-5-15(11-17)18(13-21)20-12-19(22-23-20)14-7-9-16(24-2)10-8-14/h4-12,18H,3,13,21H2,1-2H3,(H,22,23). The van der Waals surface area contributed by atoms with E-state index >= 15 is 0 Å². The number of aromatic nitrogens is 2. The van der Waals surface area contributed by atoms with Crippen molar-refractivity contribution in [2.24, 2.45) is 5.73 Å². The lowest BCUT2D eigenvalue weighted by Gasteiger charge is -2.14. The lowest BCUT2D eigenvalue weighted by Crippen LogP contribution is -2.14. The molecule has 3 aromatic rings. The van der Waals surface area contributed by atoms with Crippen LogP contribution in [0.1, 0.15) is 24.1 Å². The SMILES string of the molecule is CCOc1cccc(C(CN)c2cc(-c3ccc(OC)cc3)n[nH]2)c1. The fourth-order valence-corrected chi connectivity index (χ4v) is 2.86.